The molecule has 3 heteroatoms. The van der Waals surface area contributed by atoms with E-state index in [9.17, 15) is 4.79 Å². The smallest absolute Gasteiger partial charge is 0.309 e. The van der Waals surface area contributed by atoms with Crippen molar-refractivity contribution in [2.24, 2.45) is 0 Å². The van der Waals surface area contributed by atoms with Gasteiger partial charge in [-0.15, -0.1) is 0 Å². The Morgan fingerprint density at radius 1 is 1.23 bits per heavy atom. The number of ether oxygens (including phenoxy) is 1. The molecule has 0 saturated heterocycles. The third-order valence-electron chi connectivity index (χ3n) is 4.44. The number of anilines is 1. The first-order valence-electron chi connectivity index (χ1n) is 7.65. The van der Waals surface area contributed by atoms with Gasteiger partial charge in [-0.2, -0.15) is 0 Å². The summed E-state index contributed by atoms with van der Waals surface area (Å²) in [6.07, 6.45) is 2.47. The molecule has 2 aromatic rings. The van der Waals surface area contributed by atoms with E-state index in [-0.39, 0.29) is 5.97 Å². The highest BCUT2D eigenvalue weighted by Crippen LogP contribution is 2.37. The Morgan fingerprint density at radius 3 is 2.73 bits per heavy atom. The second-order valence-corrected chi connectivity index (χ2v) is 5.79. The van der Waals surface area contributed by atoms with Gasteiger partial charge in [-0.05, 0) is 35.6 Å². The number of fused-ring (bicyclic) bond motifs is 1. The number of carbonyl (C=O) groups excluding carboxylic acids is 1. The van der Waals surface area contributed by atoms with Crippen LogP contribution in [0.2, 0.25) is 0 Å². The molecule has 0 spiro atoms. The molecule has 1 atom stereocenters. The number of esters is 1. The van der Waals surface area contributed by atoms with Gasteiger partial charge in [0.2, 0.25) is 0 Å². The normalized spacial score (nSPS) is 17.0. The fourth-order valence-electron chi connectivity index (χ4n) is 3.25. The molecule has 3 rings (SSSR count). The van der Waals surface area contributed by atoms with Crippen LogP contribution in [0.15, 0.2) is 48.5 Å². The highest BCUT2D eigenvalue weighted by Gasteiger charge is 2.24. The Kier molecular flexibility index (Phi) is 4.14. The molecular weight excluding hydrogens is 274 g/mol. The predicted molar refractivity (Wildman–Crippen MR) is 88.1 cm³/mol. The van der Waals surface area contributed by atoms with Gasteiger partial charge in [0.1, 0.15) is 0 Å². The number of methoxy groups -OCH3 is 1. The monoisotopic (exact) mass is 295 g/mol. The minimum absolute atomic E-state index is 0.189. The second kappa shape index (κ2) is 6.22. The highest BCUT2D eigenvalue weighted by molar-refractivity contribution is 5.73. The van der Waals surface area contributed by atoms with Crippen LogP contribution < -0.4 is 4.90 Å². The molecule has 1 unspecified atom stereocenters. The summed E-state index contributed by atoms with van der Waals surface area (Å²) >= 11 is 0. The molecule has 1 aliphatic rings. The van der Waals surface area contributed by atoms with Crippen molar-refractivity contribution in [2.75, 3.05) is 19.1 Å². The number of aryl methyl sites for hydroxylation is 1. The Morgan fingerprint density at radius 2 is 2.00 bits per heavy atom. The van der Waals surface area contributed by atoms with Crippen molar-refractivity contribution < 1.29 is 9.53 Å². The van der Waals surface area contributed by atoms with E-state index in [0.29, 0.717) is 12.5 Å². The SMILES string of the molecule is COC(=O)Cc1ccc2c(c1)CCC(c1ccccc1)N2C. The second-order valence-electron chi connectivity index (χ2n) is 5.79. The molecule has 22 heavy (non-hydrogen) atoms. The lowest BCUT2D eigenvalue weighted by molar-refractivity contribution is -0.139. The van der Waals surface area contributed by atoms with E-state index in [1.165, 1.54) is 23.9 Å². The Bertz CT molecular complexity index is 666. The van der Waals surface area contributed by atoms with Crippen molar-refractivity contribution in [3.63, 3.8) is 0 Å². The van der Waals surface area contributed by atoms with E-state index in [4.69, 9.17) is 4.74 Å². The number of benzene rings is 2. The van der Waals surface area contributed by atoms with Gasteiger partial charge in [0.25, 0.3) is 0 Å². The lowest BCUT2D eigenvalue weighted by atomic mass is 9.90. The van der Waals surface area contributed by atoms with Crippen molar-refractivity contribution in [3.8, 4) is 0 Å². The topological polar surface area (TPSA) is 29.5 Å². The molecule has 0 saturated carbocycles. The van der Waals surface area contributed by atoms with Crippen LogP contribution in [-0.4, -0.2) is 20.1 Å². The molecule has 0 radical (unpaired) electrons. The van der Waals surface area contributed by atoms with E-state index < -0.39 is 0 Å². The molecule has 0 N–H and O–H groups in total. The maximum Gasteiger partial charge on any atom is 0.309 e. The highest BCUT2D eigenvalue weighted by atomic mass is 16.5. The molecule has 0 aliphatic carbocycles. The summed E-state index contributed by atoms with van der Waals surface area (Å²) in [5, 5.41) is 0. The van der Waals surface area contributed by atoms with Crippen LogP contribution in [0.5, 0.6) is 0 Å². The fourth-order valence-corrected chi connectivity index (χ4v) is 3.25. The van der Waals surface area contributed by atoms with E-state index >= 15 is 0 Å². The van der Waals surface area contributed by atoms with Crippen molar-refractivity contribution in [2.45, 2.75) is 25.3 Å². The first kappa shape index (κ1) is 14.6. The average molecular weight is 295 g/mol. The van der Waals surface area contributed by atoms with Crippen LogP contribution in [0.1, 0.15) is 29.2 Å². The molecule has 0 amide bonds. The minimum atomic E-state index is -0.189. The summed E-state index contributed by atoms with van der Waals surface area (Å²) in [6.45, 7) is 0. The van der Waals surface area contributed by atoms with Crippen LogP contribution in [0.4, 0.5) is 5.69 Å². The number of rotatable bonds is 3. The summed E-state index contributed by atoms with van der Waals surface area (Å²) in [5.41, 5.74) is 4.95. The Hall–Kier alpha value is -2.29. The Labute approximate surface area is 131 Å². The molecule has 2 aromatic carbocycles. The lowest BCUT2D eigenvalue weighted by Gasteiger charge is -2.36. The number of nitrogens with zero attached hydrogens (tertiary/aromatic N) is 1. The van der Waals surface area contributed by atoms with E-state index in [1.54, 1.807) is 0 Å². The quantitative estimate of drug-likeness (QED) is 0.811. The third kappa shape index (κ3) is 2.84. The Balaban J connectivity index is 1.85. The number of hydrogen-bond acceptors (Lipinski definition) is 3. The maximum atomic E-state index is 11.4. The van der Waals surface area contributed by atoms with Crippen LogP contribution in [0.3, 0.4) is 0 Å². The van der Waals surface area contributed by atoms with Crippen molar-refractivity contribution >= 4 is 11.7 Å². The average Bonchev–Trinajstić information content (AvgIpc) is 2.56. The molecule has 1 heterocycles. The van der Waals surface area contributed by atoms with Gasteiger partial charge in [-0.25, -0.2) is 0 Å². The van der Waals surface area contributed by atoms with Gasteiger partial charge in [0.05, 0.1) is 19.6 Å². The zero-order valence-corrected chi connectivity index (χ0v) is 13.1. The van der Waals surface area contributed by atoms with E-state index in [2.05, 4.69) is 54.4 Å². The zero-order chi connectivity index (χ0) is 15.5. The summed E-state index contributed by atoms with van der Waals surface area (Å²) in [6, 6.07) is 17.3. The summed E-state index contributed by atoms with van der Waals surface area (Å²) in [5.74, 6) is -0.189. The van der Waals surface area contributed by atoms with Crippen molar-refractivity contribution in [1.29, 1.82) is 0 Å². The summed E-state index contributed by atoms with van der Waals surface area (Å²) < 4.78 is 4.74. The van der Waals surface area contributed by atoms with Gasteiger partial charge < -0.3 is 9.64 Å². The van der Waals surface area contributed by atoms with E-state index in [1.807, 2.05) is 6.07 Å². The van der Waals surface area contributed by atoms with Crippen LogP contribution in [0, 0.1) is 0 Å². The van der Waals surface area contributed by atoms with Gasteiger partial charge in [-0.1, -0.05) is 42.5 Å². The zero-order valence-electron chi connectivity index (χ0n) is 13.1. The van der Waals surface area contributed by atoms with Crippen LogP contribution in [0.25, 0.3) is 0 Å². The fraction of sp³-hybridized carbons (Fsp3) is 0.316. The van der Waals surface area contributed by atoms with Gasteiger partial charge in [0, 0.05) is 12.7 Å². The minimum Gasteiger partial charge on any atom is -0.469 e. The summed E-state index contributed by atoms with van der Waals surface area (Å²) in [7, 11) is 3.58. The van der Waals surface area contributed by atoms with Crippen molar-refractivity contribution in [1.82, 2.24) is 0 Å². The van der Waals surface area contributed by atoms with Crippen LogP contribution in [-0.2, 0) is 22.4 Å². The van der Waals surface area contributed by atoms with Crippen LogP contribution >= 0.6 is 0 Å². The van der Waals surface area contributed by atoms with E-state index in [0.717, 1.165) is 18.4 Å². The van der Waals surface area contributed by atoms with Gasteiger partial charge >= 0.3 is 5.97 Å². The van der Waals surface area contributed by atoms with Gasteiger partial charge in [-0.3, -0.25) is 4.79 Å². The molecule has 0 bridgehead atoms. The largest absolute Gasteiger partial charge is 0.469 e. The van der Waals surface area contributed by atoms with Gasteiger partial charge in [0.15, 0.2) is 0 Å². The number of hydrogen-bond donors (Lipinski definition) is 0. The summed E-state index contributed by atoms with van der Waals surface area (Å²) in [4.78, 5) is 13.8. The molecule has 0 aromatic heterocycles. The first-order valence-corrected chi connectivity index (χ1v) is 7.65. The maximum absolute atomic E-state index is 11.4. The molecule has 114 valence electrons. The molecule has 1 aliphatic heterocycles. The molecule has 3 nitrogen and oxygen atoms in total. The molecular formula is C19H21NO2. The predicted octanol–water partition coefficient (Wildman–Crippen LogP) is 3.53. The number of carbonyl (C=O) groups is 1. The third-order valence-corrected chi connectivity index (χ3v) is 4.44. The van der Waals surface area contributed by atoms with Crippen molar-refractivity contribution in [3.05, 3.63) is 65.2 Å². The standard InChI is InChI=1S/C19H21NO2/c1-20-17(15-6-4-3-5-7-15)11-9-16-12-14(8-10-18(16)20)13-19(21)22-2/h3-8,10,12,17H,9,11,13H2,1-2H3. The first-order chi connectivity index (χ1) is 10.7. The lowest BCUT2D eigenvalue weighted by Crippen LogP contribution is -2.29. The molecule has 0 fully saturated rings.